The van der Waals surface area contributed by atoms with Crippen molar-refractivity contribution >= 4 is 38.3 Å². The summed E-state index contributed by atoms with van der Waals surface area (Å²) in [5, 5.41) is 9.20. The average Bonchev–Trinajstić information content (AvgIpc) is 3.62. The zero-order chi connectivity index (χ0) is 24.8. The molecule has 0 fully saturated rings. The van der Waals surface area contributed by atoms with Crippen LogP contribution in [0.2, 0.25) is 0 Å². The fourth-order valence-corrected chi connectivity index (χ4v) is 7.09. The van der Waals surface area contributed by atoms with Crippen LogP contribution in [0.25, 0.3) is 49.4 Å². The van der Waals surface area contributed by atoms with Gasteiger partial charge in [0.25, 0.3) is 0 Å². The van der Waals surface area contributed by atoms with E-state index >= 15 is 0 Å². The molecule has 2 atom stereocenters. The van der Waals surface area contributed by atoms with Crippen molar-refractivity contribution in [1.29, 1.82) is 0 Å². The molecular formula is C36H24N2. The first-order valence-corrected chi connectivity index (χ1v) is 13.4. The maximum atomic E-state index is 3.86. The van der Waals surface area contributed by atoms with E-state index in [1.165, 1.54) is 71.8 Å². The summed E-state index contributed by atoms with van der Waals surface area (Å²) in [4.78, 5) is 0. The molecule has 0 radical (unpaired) electrons. The van der Waals surface area contributed by atoms with Crippen molar-refractivity contribution in [1.82, 2.24) is 4.57 Å². The van der Waals surface area contributed by atoms with Gasteiger partial charge in [-0.15, -0.1) is 0 Å². The van der Waals surface area contributed by atoms with Crippen molar-refractivity contribution in [2.45, 2.75) is 12.0 Å². The van der Waals surface area contributed by atoms with Gasteiger partial charge in [-0.05, 0) is 75.0 Å². The van der Waals surface area contributed by atoms with Gasteiger partial charge in [0.15, 0.2) is 0 Å². The molecule has 1 N–H and O–H groups in total. The predicted octanol–water partition coefficient (Wildman–Crippen LogP) is 9.22. The van der Waals surface area contributed by atoms with Crippen molar-refractivity contribution in [2.24, 2.45) is 0 Å². The molecule has 0 amide bonds. The fourth-order valence-electron chi connectivity index (χ4n) is 7.09. The molecular weight excluding hydrogens is 460 g/mol. The highest BCUT2D eigenvalue weighted by molar-refractivity contribution is 6.10. The van der Waals surface area contributed by atoms with Gasteiger partial charge in [-0.2, -0.15) is 0 Å². The number of nitrogens with zero attached hydrogens (tertiary/aromatic N) is 1. The van der Waals surface area contributed by atoms with E-state index in [0.717, 1.165) is 0 Å². The van der Waals surface area contributed by atoms with Gasteiger partial charge in [-0.25, -0.2) is 0 Å². The zero-order valence-electron chi connectivity index (χ0n) is 20.7. The maximum absolute atomic E-state index is 3.86. The standard InChI is InChI=1S/C36H24N2/c1-2-10-25(11-3-1)38-32-15-5-4-12-26(32)27-18-16-24(21-33(27)38)23-17-19-31-30(20-23)35-28-13-6-8-22-9-7-14-29(34(22)28)36(35)37-31/h1-21,35-37H. The molecule has 178 valence electrons. The molecule has 38 heavy (non-hydrogen) atoms. The van der Waals surface area contributed by atoms with Crippen LogP contribution in [0.4, 0.5) is 5.69 Å². The molecule has 6 aromatic carbocycles. The summed E-state index contributed by atoms with van der Waals surface area (Å²) in [6.45, 7) is 0. The number of fused-ring (bicyclic) bond motifs is 8. The van der Waals surface area contributed by atoms with Crippen molar-refractivity contribution in [3.63, 3.8) is 0 Å². The van der Waals surface area contributed by atoms with E-state index < -0.39 is 0 Å². The summed E-state index contributed by atoms with van der Waals surface area (Å²) in [6, 6.07) is 47.2. The third kappa shape index (κ3) is 2.62. The minimum atomic E-state index is 0.310. The number of hydrogen-bond donors (Lipinski definition) is 1. The van der Waals surface area contributed by atoms with Crippen LogP contribution >= 0.6 is 0 Å². The van der Waals surface area contributed by atoms with Gasteiger partial charge in [-0.1, -0.05) is 91.0 Å². The molecule has 2 unspecified atom stereocenters. The molecule has 1 aliphatic heterocycles. The van der Waals surface area contributed by atoms with Crippen LogP contribution in [0.15, 0.2) is 127 Å². The first-order chi connectivity index (χ1) is 18.8. The minimum Gasteiger partial charge on any atom is -0.377 e. The van der Waals surface area contributed by atoms with Crippen LogP contribution in [-0.2, 0) is 0 Å². The molecule has 0 saturated carbocycles. The molecule has 2 aliphatic rings. The summed E-state index contributed by atoms with van der Waals surface area (Å²) in [5.41, 5.74) is 11.7. The van der Waals surface area contributed by atoms with Gasteiger partial charge in [0.2, 0.25) is 0 Å². The first kappa shape index (κ1) is 20.3. The third-order valence-corrected chi connectivity index (χ3v) is 8.69. The summed E-state index contributed by atoms with van der Waals surface area (Å²) in [7, 11) is 0. The van der Waals surface area contributed by atoms with E-state index in [2.05, 4.69) is 137 Å². The number of benzene rings is 6. The maximum Gasteiger partial charge on any atom is 0.0630 e. The topological polar surface area (TPSA) is 17.0 Å². The Balaban J connectivity index is 1.23. The highest BCUT2D eigenvalue weighted by atomic mass is 15.0. The monoisotopic (exact) mass is 484 g/mol. The molecule has 7 aromatic rings. The quantitative estimate of drug-likeness (QED) is 0.259. The third-order valence-electron chi connectivity index (χ3n) is 8.69. The van der Waals surface area contributed by atoms with E-state index in [9.17, 15) is 0 Å². The second kappa shape index (κ2) is 7.36. The Bertz CT molecular complexity index is 2060. The van der Waals surface area contributed by atoms with Crippen molar-refractivity contribution in [3.05, 3.63) is 144 Å². The molecule has 9 rings (SSSR count). The lowest BCUT2D eigenvalue weighted by Crippen LogP contribution is -2.06. The van der Waals surface area contributed by atoms with Crippen LogP contribution in [-0.4, -0.2) is 4.57 Å². The van der Waals surface area contributed by atoms with E-state index in [1.54, 1.807) is 0 Å². The zero-order valence-corrected chi connectivity index (χ0v) is 20.7. The Hall–Kier alpha value is -4.82. The molecule has 1 aromatic heterocycles. The Labute approximate surface area is 220 Å². The normalized spacial score (nSPS) is 17.2. The molecule has 2 heterocycles. The Kier molecular flexibility index (Phi) is 3.93. The molecule has 2 nitrogen and oxygen atoms in total. The Morgan fingerprint density at radius 1 is 0.526 bits per heavy atom. The van der Waals surface area contributed by atoms with E-state index in [0.29, 0.717) is 12.0 Å². The largest absolute Gasteiger partial charge is 0.377 e. The Morgan fingerprint density at radius 2 is 1.26 bits per heavy atom. The van der Waals surface area contributed by atoms with Crippen LogP contribution in [0, 0.1) is 0 Å². The number of hydrogen-bond acceptors (Lipinski definition) is 1. The van der Waals surface area contributed by atoms with Gasteiger partial charge in [0, 0.05) is 28.1 Å². The van der Waals surface area contributed by atoms with Gasteiger partial charge >= 0.3 is 0 Å². The van der Waals surface area contributed by atoms with Crippen LogP contribution < -0.4 is 5.32 Å². The molecule has 0 saturated heterocycles. The van der Waals surface area contributed by atoms with Gasteiger partial charge < -0.3 is 9.88 Å². The van der Waals surface area contributed by atoms with Crippen LogP contribution in [0.5, 0.6) is 0 Å². The number of nitrogens with one attached hydrogen (secondary N) is 1. The van der Waals surface area contributed by atoms with Crippen LogP contribution in [0.3, 0.4) is 0 Å². The number of anilines is 1. The smallest absolute Gasteiger partial charge is 0.0630 e. The van der Waals surface area contributed by atoms with Gasteiger partial charge in [0.05, 0.1) is 17.1 Å². The SMILES string of the molecule is c1ccc(-n2c3ccccc3c3ccc(-c4ccc5c(c4)C4c6cccc7cccc(c67)C4N5)cc32)cc1. The molecule has 1 aliphatic carbocycles. The highest BCUT2D eigenvalue weighted by Gasteiger charge is 2.41. The molecule has 0 bridgehead atoms. The van der Waals surface area contributed by atoms with Crippen molar-refractivity contribution in [3.8, 4) is 16.8 Å². The number of rotatable bonds is 2. The fraction of sp³-hybridized carbons (Fsp3) is 0.0556. The summed E-state index contributed by atoms with van der Waals surface area (Å²) < 4.78 is 2.40. The number of para-hydroxylation sites is 2. The lowest BCUT2D eigenvalue weighted by atomic mass is 9.89. The number of aromatic nitrogens is 1. The second-order valence-electron chi connectivity index (χ2n) is 10.6. The van der Waals surface area contributed by atoms with Crippen molar-refractivity contribution < 1.29 is 0 Å². The van der Waals surface area contributed by atoms with Crippen molar-refractivity contribution in [2.75, 3.05) is 5.32 Å². The minimum absolute atomic E-state index is 0.310. The summed E-state index contributed by atoms with van der Waals surface area (Å²) in [5.74, 6) is 0.352. The molecule has 2 heteroatoms. The summed E-state index contributed by atoms with van der Waals surface area (Å²) >= 11 is 0. The van der Waals surface area contributed by atoms with Crippen LogP contribution in [0.1, 0.15) is 28.7 Å². The van der Waals surface area contributed by atoms with Gasteiger partial charge in [-0.3, -0.25) is 0 Å². The highest BCUT2D eigenvalue weighted by Crippen LogP contribution is 2.56. The van der Waals surface area contributed by atoms with E-state index in [1.807, 2.05) is 0 Å². The van der Waals surface area contributed by atoms with E-state index in [4.69, 9.17) is 0 Å². The van der Waals surface area contributed by atoms with E-state index in [-0.39, 0.29) is 0 Å². The summed E-state index contributed by atoms with van der Waals surface area (Å²) in [6.07, 6.45) is 0. The second-order valence-corrected chi connectivity index (χ2v) is 10.6. The first-order valence-electron chi connectivity index (χ1n) is 13.4. The average molecular weight is 485 g/mol. The Morgan fingerprint density at radius 3 is 2.16 bits per heavy atom. The van der Waals surface area contributed by atoms with Gasteiger partial charge in [0.1, 0.15) is 0 Å². The lowest BCUT2D eigenvalue weighted by molar-refractivity contribution is 0.751. The lowest BCUT2D eigenvalue weighted by Gasteiger charge is -2.13. The predicted molar refractivity (Wildman–Crippen MR) is 158 cm³/mol. The molecule has 0 spiro atoms.